The third kappa shape index (κ3) is 2.72. The second-order valence-corrected chi connectivity index (χ2v) is 4.94. The van der Waals surface area contributed by atoms with Crippen LogP contribution in [0.15, 0.2) is 35.0 Å². The van der Waals surface area contributed by atoms with Crippen LogP contribution in [0.2, 0.25) is 0 Å². The molecule has 1 aromatic carbocycles. The normalized spacial score (nSPS) is 11.6. The number of nitrogens with zero attached hydrogens (tertiary/aromatic N) is 3. The molecule has 0 aliphatic heterocycles. The van der Waals surface area contributed by atoms with E-state index in [1.807, 2.05) is 13.1 Å². The highest BCUT2D eigenvalue weighted by atomic mass is 16.5. The van der Waals surface area contributed by atoms with Gasteiger partial charge in [0.05, 0.1) is 6.54 Å². The molecule has 0 atom stereocenters. The van der Waals surface area contributed by atoms with Crippen molar-refractivity contribution in [3.05, 3.63) is 47.7 Å². The Kier molecular flexibility index (Phi) is 3.52. The van der Waals surface area contributed by atoms with Crippen molar-refractivity contribution >= 4 is 10.9 Å². The van der Waals surface area contributed by atoms with E-state index >= 15 is 0 Å². The average molecular weight is 270 g/mol. The van der Waals surface area contributed by atoms with Crippen LogP contribution in [0.25, 0.3) is 10.9 Å². The van der Waals surface area contributed by atoms with Crippen LogP contribution < -0.4 is 0 Å². The number of H-pyrrole nitrogens is 1. The summed E-state index contributed by atoms with van der Waals surface area (Å²) in [5.74, 6) is 1.36. The zero-order chi connectivity index (χ0) is 13.9. The van der Waals surface area contributed by atoms with Crippen molar-refractivity contribution in [2.24, 2.45) is 0 Å². The van der Waals surface area contributed by atoms with Crippen LogP contribution in [0.3, 0.4) is 0 Å². The number of hydrogen-bond donors (Lipinski definition) is 1. The van der Waals surface area contributed by atoms with Crippen molar-refractivity contribution in [1.29, 1.82) is 0 Å². The molecule has 0 radical (unpaired) electrons. The van der Waals surface area contributed by atoms with Crippen LogP contribution in [-0.4, -0.2) is 26.6 Å². The predicted molar refractivity (Wildman–Crippen MR) is 77.1 cm³/mol. The molecule has 0 amide bonds. The van der Waals surface area contributed by atoms with E-state index in [2.05, 4.69) is 51.2 Å². The maximum absolute atomic E-state index is 5.18. The summed E-state index contributed by atoms with van der Waals surface area (Å²) >= 11 is 0. The zero-order valence-corrected chi connectivity index (χ0v) is 11.8. The Bertz CT molecular complexity index is 701. The van der Waals surface area contributed by atoms with Gasteiger partial charge >= 0.3 is 0 Å². The van der Waals surface area contributed by atoms with Gasteiger partial charge in [0.25, 0.3) is 0 Å². The van der Waals surface area contributed by atoms with Gasteiger partial charge in [-0.1, -0.05) is 18.1 Å². The van der Waals surface area contributed by atoms with Gasteiger partial charge in [-0.05, 0) is 42.6 Å². The van der Waals surface area contributed by atoms with Crippen molar-refractivity contribution < 1.29 is 4.52 Å². The van der Waals surface area contributed by atoms with Crippen LogP contribution in [0.5, 0.6) is 0 Å². The predicted octanol–water partition coefficient (Wildman–Crippen LogP) is 2.88. The van der Waals surface area contributed by atoms with Crippen molar-refractivity contribution in [3.8, 4) is 0 Å². The molecule has 0 saturated carbocycles. The third-order valence-corrected chi connectivity index (χ3v) is 3.40. The lowest BCUT2D eigenvalue weighted by molar-refractivity contribution is 0.229. The minimum Gasteiger partial charge on any atom is -0.361 e. The summed E-state index contributed by atoms with van der Waals surface area (Å²) in [6.07, 6.45) is 1.97. The molecule has 0 unspecified atom stereocenters. The Labute approximate surface area is 117 Å². The van der Waals surface area contributed by atoms with Crippen LogP contribution in [0, 0.1) is 6.92 Å². The highest BCUT2D eigenvalue weighted by molar-refractivity contribution is 5.79. The van der Waals surface area contributed by atoms with Gasteiger partial charge < -0.3 is 9.51 Å². The van der Waals surface area contributed by atoms with Gasteiger partial charge in [-0.25, -0.2) is 0 Å². The molecule has 0 aliphatic carbocycles. The second kappa shape index (κ2) is 5.46. The number of hydrogen-bond acceptors (Lipinski definition) is 4. The molecule has 104 valence electrons. The van der Waals surface area contributed by atoms with Crippen LogP contribution in [0.1, 0.15) is 24.2 Å². The first-order valence-corrected chi connectivity index (χ1v) is 6.82. The van der Waals surface area contributed by atoms with E-state index in [1.165, 1.54) is 16.5 Å². The summed E-state index contributed by atoms with van der Waals surface area (Å²) in [4.78, 5) is 9.75. The monoisotopic (exact) mass is 270 g/mol. The van der Waals surface area contributed by atoms with Gasteiger partial charge in [0.2, 0.25) is 5.89 Å². The fourth-order valence-corrected chi connectivity index (χ4v) is 2.33. The van der Waals surface area contributed by atoms with E-state index in [1.54, 1.807) is 0 Å². The SMILES string of the molecule is CCN(Cc1ccc2[nH]ccc2c1)Cc1nc(C)no1. The topological polar surface area (TPSA) is 58.0 Å². The molecular weight excluding hydrogens is 252 g/mol. The first-order valence-electron chi connectivity index (χ1n) is 6.82. The first kappa shape index (κ1) is 12.9. The summed E-state index contributed by atoms with van der Waals surface area (Å²) in [7, 11) is 0. The molecule has 5 nitrogen and oxygen atoms in total. The minimum atomic E-state index is 0.673. The maximum atomic E-state index is 5.18. The van der Waals surface area contributed by atoms with Gasteiger partial charge in [-0.15, -0.1) is 0 Å². The lowest BCUT2D eigenvalue weighted by atomic mass is 10.1. The minimum absolute atomic E-state index is 0.673. The van der Waals surface area contributed by atoms with E-state index < -0.39 is 0 Å². The van der Waals surface area contributed by atoms with Crippen LogP contribution >= 0.6 is 0 Å². The Hall–Kier alpha value is -2.14. The fourth-order valence-electron chi connectivity index (χ4n) is 2.33. The highest BCUT2D eigenvalue weighted by Crippen LogP contribution is 2.16. The lowest BCUT2D eigenvalue weighted by Crippen LogP contribution is -2.22. The van der Waals surface area contributed by atoms with Crippen LogP contribution in [0.4, 0.5) is 0 Å². The molecule has 0 saturated heterocycles. The van der Waals surface area contributed by atoms with E-state index in [0.717, 1.165) is 13.1 Å². The summed E-state index contributed by atoms with van der Waals surface area (Å²) in [6, 6.07) is 8.58. The molecule has 2 heterocycles. The van der Waals surface area contributed by atoms with Gasteiger partial charge in [0.1, 0.15) is 0 Å². The zero-order valence-electron chi connectivity index (χ0n) is 11.8. The summed E-state index contributed by atoms with van der Waals surface area (Å²) in [5.41, 5.74) is 2.46. The van der Waals surface area contributed by atoms with Crippen molar-refractivity contribution in [1.82, 2.24) is 20.0 Å². The maximum Gasteiger partial charge on any atom is 0.240 e. The number of fused-ring (bicyclic) bond motifs is 1. The van der Waals surface area contributed by atoms with E-state index in [4.69, 9.17) is 4.52 Å². The number of nitrogens with one attached hydrogen (secondary N) is 1. The molecule has 5 heteroatoms. The number of aromatic nitrogens is 3. The summed E-state index contributed by atoms with van der Waals surface area (Å²) in [5, 5.41) is 5.07. The standard InChI is InChI=1S/C15H18N4O/c1-3-19(10-15-17-11(2)18-20-15)9-12-4-5-14-13(8-12)6-7-16-14/h4-8,16H,3,9-10H2,1-2H3. The summed E-state index contributed by atoms with van der Waals surface area (Å²) in [6.45, 7) is 6.47. The molecule has 0 fully saturated rings. The van der Waals surface area contributed by atoms with Crippen molar-refractivity contribution in [2.75, 3.05) is 6.54 Å². The molecular formula is C15H18N4O. The molecule has 3 aromatic rings. The number of rotatable bonds is 5. The van der Waals surface area contributed by atoms with Gasteiger partial charge in [-0.2, -0.15) is 4.98 Å². The second-order valence-electron chi connectivity index (χ2n) is 4.94. The van der Waals surface area contributed by atoms with Gasteiger partial charge in [0, 0.05) is 18.3 Å². The highest BCUT2D eigenvalue weighted by Gasteiger charge is 2.10. The molecule has 1 N–H and O–H groups in total. The number of aryl methyl sites for hydroxylation is 1. The average Bonchev–Trinajstić information content (AvgIpc) is 3.06. The van der Waals surface area contributed by atoms with E-state index in [9.17, 15) is 0 Å². The van der Waals surface area contributed by atoms with Crippen LogP contribution in [-0.2, 0) is 13.1 Å². The molecule has 2 aromatic heterocycles. The van der Waals surface area contributed by atoms with Crippen molar-refractivity contribution in [3.63, 3.8) is 0 Å². The quantitative estimate of drug-likeness (QED) is 0.774. The Morgan fingerprint density at radius 1 is 1.25 bits per heavy atom. The molecule has 0 spiro atoms. The Morgan fingerprint density at radius 2 is 2.15 bits per heavy atom. The lowest BCUT2D eigenvalue weighted by Gasteiger charge is -2.18. The molecule has 0 aliphatic rings. The summed E-state index contributed by atoms with van der Waals surface area (Å²) < 4.78 is 5.18. The Morgan fingerprint density at radius 3 is 2.90 bits per heavy atom. The van der Waals surface area contributed by atoms with Gasteiger partial charge in [0.15, 0.2) is 5.82 Å². The Balaban J connectivity index is 1.73. The molecule has 0 bridgehead atoms. The fraction of sp³-hybridized carbons (Fsp3) is 0.333. The van der Waals surface area contributed by atoms with Crippen molar-refractivity contribution in [2.45, 2.75) is 26.9 Å². The third-order valence-electron chi connectivity index (χ3n) is 3.40. The number of benzene rings is 1. The smallest absolute Gasteiger partial charge is 0.240 e. The van der Waals surface area contributed by atoms with Gasteiger partial charge in [-0.3, -0.25) is 4.90 Å². The number of aromatic amines is 1. The largest absolute Gasteiger partial charge is 0.361 e. The molecule has 20 heavy (non-hydrogen) atoms. The molecule has 3 rings (SSSR count). The van der Waals surface area contributed by atoms with E-state index in [-0.39, 0.29) is 0 Å². The first-order chi connectivity index (χ1) is 9.74. The van der Waals surface area contributed by atoms with E-state index in [0.29, 0.717) is 18.3 Å².